The molecule has 0 saturated carbocycles. The fraction of sp³-hybridized carbons (Fsp3) is 0.533. The quantitative estimate of drug-likeness (QED) is 0.902. The minimum atomic E-state index is 0.191. The normalized spacial score (nSPS) is 18.6. The molecule has 3 rings (SSSR count). The minimum absolute atomic E-state index is 0.191. The lowest BCUT2D eigenvalue weighted by Crippen LogP contribution is -2.18. The van der Waals surface area contributed by atoms with Gasteiger partial charge in [0.05, 0.1) is 12.2 Å². The fourth-order valence-corrected chi connectivity index (χ4v) is 2.96. The van der Waals surface area contributed by atoms with Crippen LogP contribution in [0.3, 0.4) is 0 Å². The van der Waals surface area contributed by atoms with Crippen LogP contribution in [0.1, 0.15) is 53.2 Å². The van der Waals surface area contributed by atoms with Gasteiger partial charge in [-0.15, -0.1) is 0 Å². The first-order chi connectivity index (χ1) is 9.06. The maximum Gasteiger partial charge on any atom is 0.214 e. The Labute approximate surface area is 113 Å². The van der Waals surface area contributed by atoms with Gasteiger partial charge in [0, 0.05) is 17.4 Å². The van der Waals surface area contributed by atoms with Gasteiger partial charge in [0.1, 0.15) is 5.76 Å². The summed E-state index contributed by atoms with van der Waals surface area (Å²) in [5.41, 5.74) is 11.1. The summed E-state index contributed by atoms with van der Waals surface area (Å²) in [6, 6.07) is 2.42. The third-order valence-electron chi connectivity index (χ3n) is 4.14. The summed E-state index contributed by atoms with van der Waals surface area (Å²) in [6.45, 7) is 6.78. The van der Waals surface area contributed by atoms with E-state index in [9.17, 15) is 0 Å². The van der Waals surface area contributed by atoms with Crippen LogP contribution in [0.15, 0.2) is 10.5 Å². The Balaban J connectivity index is 1.97. The summed E-state index contributed by atoms with van der Waals surface area (Å²) in [5, 5.41) is 0. The molecule has 0 amide bonds. The molecule has 2 N–H and O–H groups in total. The molecule has 0 aromatic carbocycles. The maximum atomic E-state index is 6.20. The molecule has 2 aromatic heterocycles. The molecule has 19 heavy (non-hydrogen) atoms. The third-order valence-corrected chi connectivity index (χ3v) is 4.14. The summed E-state index contributed by atoms with van der Waals surface area (Å²) in [6.07, 6.45) is 3.37. The molecule has 1 aliphatic rings. The highest BCUT2D eigenvalue weighted by Crippen LogP contribution is 2.31. The molecule has 2 heterocycles. The first-order valence-corrected chi connectivity index (χ1v) is 6.93. The topological polar surface area (TPSA) is 57.0 Å². The van der Waals surface area contributed by atoms with Crippen molar-refractivity contribution >= 4 is 0 Å². The minimum Gasteiger partial charge on any atom is -0.444 e. The van der Waals surface area contributed by atoms with E-state index in [0.717, 1.165) is 30.2 Å². The first-order valence-electron chi connectivity index (χ1n) is 6.93. The number of nitrogens with two attached hydrogens (primary N) is 1. The highest BCUT2D eigenvalue weighted by Gasteiger charge is 2.22. The largest absolute Gasteiger partial charge is 0.444 e. The average molecular weight is 259 g/mol. The summed E-state index contributed by atoms with van der Waals surface area (Å²) in [5.74, 6) is 1.70. The zero-order chi connectivity index (χ0) is 13.6. The highest BCUT2D eigenvalue weighted by molar-refractivity contribution is 5.33. The molecule has 102 valence electrons. The summed E-state index contributed by atoms with van der Waals surface area (Å²) >= 11 is 0. The van der Waals surface area contributed by atoms with E-state index in [0.29, 0.717) is 6.54 Å². The van der Waals surface area contributed by atoms with Crippen LogP contribution in [-0.4, -0.2) is 9.55 Å². The second kappa shape index (κ2) is 4.53. The highest BCUT2D eigenvalue weighted by atomic mass is 16.4. The van der Waals surface area contributed by atoms with Crippen molar-refractivity contribution < 1.29 is 4.42 Å². The number of hydrogen-bond donors (Lipinski definition) is 1. The summed E-state index contributed by atoms with van der Waals surface area (Å²) in [7, 11) is 0. The number of nitrogens with zero attached hydrogens (tertiary/aromatic N) is 2. The zero-order valence-electron chi connectivity index (χ0n) is 11.9. The van der Waals surface area contributed by atoms with Gasteiger partial charge in [0.25, 0.3) is 0 Å². The Morgan fingerprint density at radius 2 is 2.21 bits per heavy atom. The molecule has 4 nitrogen and oxygen atoms in total. The maximum absolute atomic E-state index is 6.20. The van der Waals surface area contributed by atoms with E-state index in [1.807, 2.05) is 13.8 Å². The molecule has 0 spiro atoms. The molecule has 1 unspecified atom stereocenters. The van der Waals surface area contributed by atoms with Gasteiger partial charge in [-0.1, -0.05) is 0 Å². The number of rotatable bonds is 2. The van der Waals surface area contributed by atoms with E-state index in [1.54, 1.807) is 0 Å². The molecule has 0 saturated heterocycles. The van der Waals surface area contributed by atoms with E-state index in [1.165, 1.54) is 23.4 Å². The van der Waals surface area contributed by atoms with Gasteiger partial charge in [-0.25, -0.2) is 4.98 Å². The van der Waals surface area contributed by atoms with Crippen LogP contribution in [0.5, 0.6) is 0 Å². The van der Waals surface area contributed by atoms with E-state index in [4.69, 9.17) is 10.2 Å². The Hall–Kier alpha value is -1.55. The lowest BCUT2D eigenvalue weighted by atomic mass is 9.93. The number of fused-ring (bicyclic) bond motifs is 1. The molecular weight excluding hydrogens is 238 g/mol. The Morgan fingerprint density at radius 1 is 1.42 bits per heavy atom. The molecule has 0 aliphatic heterocycles. The van der Waals surface area contributed by atoms with Crippen LogP contribution in [0.25, 0.3) is 0 Å². The van der Waals surface area contributed by atoms with Crippen molar-refractivity contribution in [3.05, 3.63) is 40.4 Å². The van der Waals surface area contributed by atoms with E-state index in [2.05, 4.69) is 22.5 Å². The van der Waals surface area contributed by atoms with Crippen molar-refractivity contribution in [2.24, 2.45) is 5.73 Å². The third kappa shape index (κ3) is 2.10. The predicted octanol–water partition coefficient (Wildman–Crippen LogP) is 2.79. The standard InChI is InChI=1S/C15H21N3O/c1-9-7-12-13(16)5-4-6-14(12)18(9)8-15-17-10(2)11(3)19-15/h7,13H,4-6,8,16H2,1-3H3. The molecule has 2 aromatic rings. The van der Waals surface area contributed by atoms with Gasteiger partial charge in [-0.2, -0.15) is 0 Å². The van der Waals surface area contributed by atoms with Crippen LogP contribution >= 0.6 is 0 Å². The van der Waals surface area contributed by atoms with Gasteiger partial charge in [-0.05, 0) is 51.7 Å². The molecule has 0 fully saturated rings. The van der Waals surface area contributed by atoms with Crippen molar-refractivity contribution in [3.63, 3.8) is 0 Å². The Bertz CT molecular complexity index is 590. The molecule has 0 bridgehead atoms. The SMILES string of the molecule is Cc1nc(Cn2c(C)cc3c2CCCC3N)oc1C. The van der Waals surface area contributed by atoms with Crippen LogP contribution in [0, 0.1) is 20.8 Å². The Kier molecular flexibility index (Phi) is 2.97. The number of aryl methyl sites for hydroxylation is 3. The molecule has 0 radical (unpaired) electrons. The lowest BCUT2D eigenvalue weighted by Gasteiger charge is -2.20. The monoisotopic (exact) mass is 259 g/mol. The molecule has 1 atom stereocenters. The van der Waals surface area contributed by atoms with Crippen LogP contribution < -0.4 is 5.73 Å². The number of hydrogen-bond acceptors (Lipinski definition) is 3. The first kappa shape index (κ1) is 12.5. The van der Waals surface area contributed by atoms with Crippen molar-refractivity contribution in [1.29, 1.82) is 0 Å². The lowest BCUT2D eigenvalue weighted by molar-refractivity contribution is 0.447. The molecule has 4 heteroatoms. The van der Waals surface area contributed by atoms with Gasteiger partial charge in [-0.3, -0.25) is 0 Å². The van der Waals surface area contributed by atoms with Gasteiger partial charge in [0.15, 0.2) is 0 Å². The van der Waals surface area contributed by atoms with Crippen LogP contribution in [-0.2, 0) is 13.0 Å². The van der Waals surface area contributed by atoms with Crippen LogP contribution in [0.4, 0.5) is 0 Å². The number of aromatic nitrogens is 2. The van der Waals surface area contributed by atoms with Gasteiger partial charge >= 0.3 is 0 Å². The predicted molar refractivity (Wildman–Crippen MR) is 74.1 cm³/mol. The Morgan fingerprint density at radius 3 is 2.89 bits per heavy atom. The van der Waals surface area contributed by atoms with Crippen molar-refractivity contribution in [2.75, 3.05) is 0 Å². The van der Waals surface area contributed by atoms with Crippen molar-refractivity contribution in [3.8, 4) is 0 Å². The van der Waals surface area contributed by atoms with E-state index < -0.39 is 0 Å². The van der Waals surface area contributed by atoms with E-state index in [-0.39, 0.29) is 6.04 Å². The molecule has 1 aliphatic carbocycles. The summed E-state index contributed by atoms with van der Waals surface area (Å²) < 4.78 is 8.00. The average Bonchev–Trinajstić information content (AvgIpc) is 2.84. The number of oxazole rings is 1. The van der Waals surface area contributed by atoms with Crippen molar-refractivity contribution in [2.45, 2.75) is 52.6 Å². The zero-order valence-corrected chi connectivity index (χ0v) is 11.9. The summed E-state index contributed by atoms with van der Waals surface area (Å²) in [4.78, 5) is 4.48. The second-order valence-electron chi connectivity index (χ2n) is 5.52. The molecular formula is C15H21N3O. The van der Waals surface area contributed by atoms with Gasteiger partial charge < -0.3 is 14.7 Å². The fourth-order valence-electron chi connectivity index (χ4n) is 2.96. The second-order valence-corrected chi connectivity index (χ2v) is 5.52. The van der Waals surface area contributed by atoms with Crippen LogP contribution in [0.2, 0.25) is 0 Å². The van der Waals surface area contributed by atoms with Gasteiger partial charge in [0.2, 0.25) is 5.89 Å². The smallest absolute Gasteiger partial charge is 0.214 e. The van der Waals surface area contributed by atoms with E-state index >= 15 is 0 Å². The van der Waals surface area contributed by atoms with Crippen molar-refractivity contribution in [1.82, 2.24) is 9.55 Å².